The third kappa shape index (κ3) is 4.80. The van der Waals surface area contributed by atoms with E-state index < -0.39 is 16.0 Å². The average Bonchev–Trinajstić information content (AvgIpc) is 2.65. The lowest BCUT2D eigenvalue weighted by Crippen LogP contribution is -2.31. The molecular weight excluding hydrogens is 338 g/mol. The quantitative estimate of drug-likeness (QED) is 0.802. The Morgan fingerprint density at radius 3 is 2.52 bits per heavy atom. The number of fused-ring (bicyclic) bond motifs is 1. The number of carbonyl (C=O) groups excluding carboxylic acids is 1. The maximum absolute atomic E-state index is 12.4. The van der Waals surface area contributed by atoms with Gasteiger partial charge in [-0.15, -0.1) is 0 Å². The van der Waals surface area contributed by atoms with Crippen LogP contribution in [0.25, 0.3) is 10.8 Å². The minimum absolute atomic E-state index is 0.145. The van der Waals surface area contributed by atoms with Crippen molar-refractivity contribution >= 4 is 26.8 Å². The summed E-state index contributed by atoms with van der Waals surface area (Å²) in [5, 5.41) is 1.80. The predicted octanol–water partition coefficient (Wildman–Crippen LogP) is 3.24. The highest BCUT2D eigenvalue weighted by Crippen LogP contribution is 2.23. The lowest BCUT2D eigenvalue weighted by Gasteiger charge is -2.21. The van der Waals surface area contributed by atoms with E-state index in [9.17, 15) is 13.2 Å². The Hall–Kier alpha value is -1.92. The summed E-state index contributed by atoms with van der Waals surface area (Å²) >= 11 is 0. The number of nitrogens with one attached hydrogen (secondary N) is 1. The second-order valence-corrected chi connectivity index (χ2v) is 8.29. The zero-order valence-electron chi connectivity index (χ0n) is 14.1. The number of sulfonamides is 1. The predicted molar refractivity (Wildman–Crippen MR) is 96.7 cm³/mol. The molecule has 3 rings (SSSR count). The first-order chi connectivity index (χ1) is 12.0. The van der Waals surface area contributed by atoms with Crippen molar-refractivity contribution in [2.75, 3.05) is 13.2 Å². The van der Waals surface area contributed by atoms with Gasteiger partial charge in [0.1, 0.15) is 6.54 Å². The molecule has 134 valence electrons. The maximum Gasteiger partial charge on any atom is 0.321 e. The van der Waals surface area contributed by atoms with Crippen molar-refractivity contribution in [1.82, 2.24) is 4.72 Å². The van der Waals surface area contributed by atoms with E-state index in [0.29, 0.717) is 12.5 Å². The minimum atomic E-state index is -3.74. The summed E-state index contributed by atoms with van der Waals surface area (Å²) in [6.07, 6.45) is 5.76. The molecule has 1 saturated carbocycles. The Morgan fingerprint density at radius 2 is 1.76 bits per heavy atom. The molecule has 1 aliphatic rings. The van der Waals surface area contributed by atoms with Gasteiger partial charge in [0.05, 0.1) is 11.5 Å². The van der Waals surface area contributed by atoms with E-state index in [1.165, 1.54) is 25.3 Å². The Labute approximate surface area is 148 Å². The number of hydrogen-bond acceptors (Lipinski definition) is 4. The van der Waals surface area contributed by atoms with Gasteiger partial charge in [0.25, 0.3) is 0 Å². The van der Waals surface area contributed by atoms with Crippen molar-refractivity contribution in [2.24, 2.45) is 5.92 Å². The van der Waals surface area contributed by atoms with E-state index in [1.807, 2.05) is 24.3 Å². The molecule has 0 unspecified atom stereocenters. The Balaban J connectivity index is 1.55. The van der Waals surface area contributed by atoms with Crippen LogP contribution in [0.3, 0.4) is 0 Å². The Morgan fingerprint density at radius 1 is 1.04 bits per heavy atom. The van der Waals surface area contributed by atoms with Gasteiger partial charge in [0.15, 0.2) is 0 Å². The van der Waals surface area contributed by atoms with E-state index >= 15 is 0 Å². The van der Waals surface area contributed by atoms with Crippen molar-refractivity contribution in [3.05, 3.63) is 42.5 Å². The first-order valence-electron chi connectivity index (χ1n) is 8.69. The molecule has 0 bridgehead atoms. The van der Waals surface area contributed by atoms with Crippen LogP contribution in [0.4, 0.5) is 0 Å². The van der Waals surface area contributed by atoms with Crippen LogP contribution >= 0.6 is 0 Å². The Bertz CT molecular complexity index is 841. The molecule has 2 aromatic carbocycles. The van der Waals surface area contributed by atoms with Crippen LogP contribution in [0.2, 0.25) is 0 Å². The van der Waals surface area contributed by atoms with Gasteiger partial charge in [-0.1, -0.05) is 49.6 Å². The lowest BCUT2D eigenvalue weighted by atomic mass is 9.90. The number of benzene rings is 2. The lowest BCUT2D eigenvalue weighted by molar-refractivity contribution is -0.143. The van der Waals surface area contributed by atoms with Crippen LogP contribution in [-0.2, 0) is 19.6 Å². The monoisotopic (exact) mass is 361 g/mol. The normalized spacial score (nSPS) is 16.0. The second-order valence-electron chi connectivity index (χ2n) is 6.52. The van der Waals surface area contributed by atoms with Gasteiger partial charge in [-0.05, 0) is 41.7 Å². The van der Waals surface area contributed by atoms with E-state index in [4.69, 9.17) is 4.74 Å². The third-order valence-corrected chi connectivity index (χ3v) is 6.04. The number of hydrogen-bond donors (Lipinski definition) is 1. The van der Waals surface area contributed by atoms with Crippen LogP contribution in [0.5, 0.6) is 0 Å². The van der Waals surface area contributed by atoms with Crippen molar-refractivity contribution in [3.63, 3.8) is 0 Å². The first-order valence-corrected chi connectivity index (χ1v) is 10.2. The van der Waals surface area contributed by atoms with Crippen LogP contribution in [0.15, 0.2) is 47.4 Å². The average molecular weight is 361 g/mol. The highest BCUT2D eigenvalue weighted by molar-refractivity contribution is 7.89. The van der Waals surface area contributed by atoms with Gasteiger partial charge < -0.3 is 4.74 Å². The largest absolute Gasteiger partial charge is 0.464 e. The summed E-state index contributed by atoms with van der Waals surface area (Å²) in [4.78, 5) is 12.0. The molecule has 0 spiro atoms. The van der Waals surface area contributed by atoms with Crippen LogP contribution in [-0.4, -0.2) is 27.5 Å². The summed E-state index contributed by atoms with van der Waals surface area (Å²) < 4.78 is 32.3. The molecule has 6 heteroatoms. The summed E-state index contributed by atoms with van der Waals surface area (Å²) in [7, 11) is -3.74. The topological polar surface area (TPSA) is 72.5 Å². The summed E-state index contributed by atoms with van der Waals surface area (Å²) in [6, 6.07) is 12.4. The fraction of sp³-hybridized carbons (Fsp3) is 0.421. The number of ether oxygens (including phenoxy) is 1. The minimum Gasteiger partial charge on any atom is -0.464 e. The molecule has 1 aliphatic carbocycles. The zero-order chi connectivity index (χ0) is 17.7. The molecule has 0 radical (unpaired) electrons. The molecule has 5 nitrogen and oxygen atoms in total. The molecule has 0 atom stereocenters. The maximum atomic E-state index is 12.4. The molecule has 1 fully saturated rings. The van der Waals surface area contributed by atoms with Gasteiger partial charge in [-0.25, -0.2) is 8.42 Å². The van der Waals surface area contributed by atoms with Crippen molar-refractivity contribution in [1.29, 1.82) is 0 Å². The van der Waals surface area contributed by atoms with Gasteiger partial charge in [0.2, 0.25) is 10.0 Å². The zero-order valence-corrected chi connectivity index (χ0v) is 14.9. The van der Waals surface area contributed by atoms with Gasteiger partial charge in [-0.2, -0.15) is 4.72 Å². The third-order valence-electron chi connectivity index (χ3n) is 4.64. The summed E-state index contributed by atoms with van der Waals surface area (Å²) in [6.45, 7) is 0.0401. The van der Waals surface area contributed by atoms with Crippen LogP contribution in [0.1, 0.15) is 32.1 Å². The highest BCUT2D eigenvalue weighted by atomic mass is 32.2. The highest BCUT2D eigenvalue weighted by Gasteiger charge is 2.18. The smallest absolute Gasteiger partial charge is 0.321 e. The number of rotatable bonds is 6. The summed E-state index contributed by atoms with van der Waals surface area (Å²) in [5.74, 6) is -0.121. The van der Waals surface area contributed by atoms with Gasteiger partial charge >= 0.3 is 5.97 Å². The van der Waals surface area contributed by atoms with E-state index in [2.05, 4.69) is 4.72 Å². The summed E-state index contributed by atoms with van der Waals surface area (Å²) in [5.41, 5.74) is 0. The molecule has 0 aromatic heterocycles. The molecular formula is C19H23NO4S. The Kier molecular flexibility index (Phi) is 5.71. The number of carbonyl (C=O) groups is 1. The number of esters is 1. The van der Waals surface area contributed by atoms with Crippen molar-refractivity contribution in [3.8, 4) is 0 Å². The first kappa shape index (κ1) is 17.9. The van der Waals surface area contributed by atoms with Crippen molar-refractivity contribution < 1.29 is 17.9 Å². The molecule has 1 N–H and O–H groups in total. The van der Waals surface area contributed by atoms with Crippen LogP contribution in [0, 0.1) is 5.92 Å². The second kappa shape index (κ2) is 7.97. The fourth-order valence-electron chi connectivity index (χ4n) is 3.19. The van der Waals surface area contributed by atoms with E-state index in [0.717, 1.165) is 23.6 Å². The molecule has 2 aromatic rings. The molecule has 0 heterocycles. The standard InChI is InChI=1S/C19H23NO4S/c21-19(24-14-15-6-2-1-3-7-15)13-20-25(22,23)18-11-10-16-8-4-5-9-17(16)12-18/h4-5,8-12,15,20H,1-3,6-7,13-14H2. The van der Waals surface area contributed by atoms with E-state index in [-0.39, 0.29) is 11.4 Å². The fourth-order valence-corrected chi connectivity index (χ4v) is 4.19. The SMILES string of the molecule is O=C(CNS(=O)(=O)c1ccc2ccccc2c1)OCC1CCCCC1. The molecule has 0 saturated heterocycles. The molecule has 25 heavy (non-hydrogen) atoms. The van der Waals surface area contributed by atoms with Gasteiger partial charge in [-0.3, -0.25) is 4.79 Å². The van der Waals surface area contributed by atoms with Gasteiger partial charge in [0, 0.05) is 0 Å². The van der Waals surface area contributed by atoms with E-state index in [1.54, 1.807) is 12.1 Å². The van der Waals surface area contributed by atoms with Crippen LogP contribution < -0.4 is 4.72 Å². The molecule has 0 aliphatic heterocycles. The molecule has 0 amide bonds. The van der Waals surface area contributed by atoms with Crippen molar-refractivity contribution in [2.45, 2.75) is 37.0 Å².